The number of carboxylic acid groups (broad SMARTS) is 1. The second-order valence-corrected chi connectivity index (χ2v) is 3.86. The number of imide groups is 1. The summed E-state index contributed by atoms with van der Waals surface area (Å²) in [5.41, 5.74) is -0.457. The molecule has 0 saturated heterocycles. The largest absolute Gasteiger partial charge is 0.478 e. The summed E-state index contributed by atoms with van der Waals surface area (Å²) in [6.07, 6.45) is 1.42. The standard InChI is InChI=1S/C9H14N2O4/c1-9(2,3)11-8(15)10-6(12)4-5-7(13)14/h4-5H,1-3H3,(H,13,14)(H2,10,11,12,15)/b5-4-. The first-order valence-electron chi connectivity index (χ1n) is 4.25. The number of aliphatic carboxylic acids is 1. The van der Waals surface area contributed by atoms with Crippen molar-refractivity contribution in [1.82, 2.24) is 10.6 Å². The molecule has 0 unspecified atom stereocenters. The van der Waals surface area contributed by atoms with E-state index >= 15 is 0 Å². The summed E-state index contributed by atoms with van der Waals surface area (Å²) in [6, 6.07) is -0.664. The van der Waals surface area contributed by atoms with E-state index in [1.54, 1.807) is 20.8 Å². The third kappa shape index (κ3) is 8.48. The van der Waals surface area contributed by atoms with E-state index < -0.39 is 23.4 Å². The van der Waals surface area contributed by atoms with E-state index in [4.69, 9.17) is 5.11 Å². The summed E-state index contributed by atoms with van der Waals surface area (Å²) < 4.78 is 0. The summed E-state index contributed by atoms with van der Waals surface area (Å²) in [6.45, 7) is 5.26. The van der Waals surface area contributed by atoms with Crippen LogP contribution in [-0.2, 0) is 9.59 Å². The van der Waals surface area contributed by atoms with Gasteiger partial charge in [0.15, 0.2) is 0 Å². The smallest absolute Gasteiger partial charge is 0.328 e. The van der Waals surface area contributed by atoms with Crippen molar-refractivity contribution in [2.24, 2.45) is 0 Å². The third-order valence-electron chi connectivity index (χ3n) is 1.10. The molecule has 0 heterocycles. The fourth-order valence-corrected chi connectivity index (χ4v) is 0.672. The quantitative estimate of drug-likeness (QED) is 0.574. The number of hydrogen-bond donors (Lipinski definition) is 3. The van der Waals surface area contributed by atoms with Crippen molar-refractivity contribution in [3.63, 3.8) is 0 Å². The Labute approximate surface area is 87.3 Å². The lowest BCUT2D eigenvalue weighted by molar-refractivity contribution is -0.131. The van der Waals surface area contributed by atoms with Crippen molar-refractivity contribution in [2.75, 3.05) is 0 Å². The van der Waals surface area contributed by atoms with Crippen molar-refractivity contribution < 1.29 is 19.5 Å². The highest BCUT2D eigenvalue weighted by molar-refractivity contribution is 6.02. The number of rotatable bonds is 2. The molecule has 6 nitrogen and oxygen atoms in total. The second-order valence-electron chi connectivity index (χ2n) is 3.86. The van der Waals surface area contributed by atoms with Gasteiger partial charge in [0.05, 0.1) is 0 Å². The molecular weight excluding hydrogens is 200 g/mol. The van der Waals surface area contributed by atoms with E-state index in [2.05, 4.69) is 5.32 Å². The van der Waals surface area contributed by atoms with E-state index in [9.17, 15) is 14.4 Å². The monoisotopic (exact) mass is 214 g/mol. The van der Waals surface area contributed by atoms with E-state index in [1.807, 2.05) is 5.32 Å². The first-order chi connectivity index (χ1) is 6.70. The second kappa shape index (κ2) is 5.14. The number of carbonyl (C=O) groups excluding carboxylic acids is 2. The Morgan fingerprint density at radius 2 is 1.67 bits per heavy atom. The maximum atomic E-state index is 11.1. The summed E-state index contributed by atoms with van der Waals surface area (Å²) in [5.74, 6) is -2.03. The van der Waals surface area contributed by atoms with Crippen LogP contribution in [0.1, 0.15) is 20.8 Å². The predicted molar refractivity (Wildman–Crippen MR) is 53.2 cm³/mol. The highest BCUT2D eigenvalue weighted by Gasteiger charge is 2.14. The SMILES string of the molecule is CC(C)(C)NC(=O)NC(=O)/C=C\C(=O)O. The molecule has 3 N–H and O–H groups in total. The molecule has 0 aliphatic heterocycles. The van der Waals surface area contributed by atoms with Gasteiger partial charge in [0.2, 0.25) is 0 Å². The summed E-state index contributed by atoms with van der Waals surface area (Å²) >= 11 is 0. The zero-order valence-corrected chi connectivity index (χ0v) is 8.83. The molecule has 0 radical (unpaired) electrons. The average molecular weight is 214 g/mol. The predicted octanol–water partition coefficient (Wildman–Crippen LogP) is 0.251. The van der Waals surface area contributed by atoms with Crippen LogP contribution in [0.25, 0.3) is 0 Å². The topological polar surface area (TPSA) is 95.5 Å². The van der Waals surface area contributed by atoms with Gasteiger partial charge in [0, 0.05) is 17.7 Å². The molecule has 15 heavy (non-hydrogen) atoms. The maximum Gasteiger partial charge on any atom is 0.328 e. The average Bonchev–Trinajstić information content (AvgIpc) is 1.96. The molecule has 84 valence electrons. The van der Waals surface area contributed by atoms with Gasteiger partial charge < -0.3 is 10.4 Å². The van der Waals surface area contributed by atoms with Crippen molar-refractivity contribution in [2.45, 2.75) is 26.3 Å². The van der Waals surface area contributed by atoms with Crippen LogP contribution in [0.2, 0.25) is 0 Å². The number of hydrogen-bond acceptors (Lipinski definition) is 3. The van der Waals surface area contributed by atoms with Crippen LogP contribution in [0.15, 0.2) is 12.2 Å². The van der Waals surface area contributed by atoms with Crippen LogP contribution in [0, 0.1) is 0 Å². The Balaban J connectivity index is 4.09. The molecule has 0 aliphatic carbocycles. The Bertz CT molecular complexity index is 302. The Kier molecular flexibility index (Phi) is 4.50. The van der Waals surface area contributed by atoms with Gasteiger partial charge in [-0.05, 0) is 20.8 Å². The number of nitrogens with one attached hydrogen (secondary N) is 2. The van der Waals surface area contributed by atoms with Crippen LogP contribution in [0.3, 0.4) is 0 Å². The van der Waals surface area contributed by atoms with E-state index in [1.165, 1.54) is 0 Å². The Hall–Kier alpha value is -1.85. The third-order valence-corrected chi connectivity index (χ3v) is 1.10. The molecule has 0 aromatic rings. The first-order valence-corrected chi connectivity index (χ1v) is 4.25. The number of carboxylic acids is 1. The zero-order chi connectivity index (χ0) is 12.1. The van der Waals surface area contributed by atoms with Gasteiger partial charge in [0.25, 0.3) is 5.91 Å². The van der Waals surface area contributed by atoms with Gasteiger partial charge >= 0.3 is 12.0 Å². The lowest BCUT2D eigenvalue weighted by Crippen LogP contribution is -2.47. The van der Waals surface area contributed by atoms with Crippen molar-refractivity contribution in [3.8, 4) is 0 Å². The molecule has 0 atom stereocenters. The highest BCUT2D eigenvalue weighted by Crippen LogP contribution is 1.97. The molecule has 0 saturated carbocycles. The molecular formula is C9H14N2O4. The molecule has 0 fully saturated rings. The normalized spacial score (nSPS) is 11.1. The minimum atomic E-state index is -1.25. The van der Waals surface area contributed by atoms with Crippen molar-refractivity contribution in [1.29, 1.82) is 0 Å². The van der Waals surface area contributed by atoms with Crippen LogP contribution in [0.4, 0.5) is 4.79 Å². The van der Waals surface area contributed by atoms with E-state index in [0.717, 1.165) is 6.08 Å². The molecule has 0 spiro atoms. The summed E-state index contributed by atoms with van der Waals surface area (Å²) in [5, 5.41) is 12.7. The molecule has 0 aliphatic rings. The first kappa shape index (κ1) is 13.2. The van der Waals surface area contributed by atoms with Crippen molar-refractivity contribution in [3.05, 3.63) is 12.2 Å². The summed E-state index contributed by atoms with van der Waals surface area (Å²) in [7, 11) is 0. The van der Waals surface area contributed by atoms with Crippen LogP contribution in [-0.4, -0.2) is 28.6 Å². The van der Waals surface area contributed by atoms with Gasteiger partial charge in [-0.15, -0.1) is 0 Å². The van der Waals surface area contributed by atoms with Gasteiger partial charge in [-0.3, -0.25) is 10.1 Å². The lowest BCUT2D eigenvalue weighted by atomic mass is 10.1. The molecule has 0 aromatic heterocycles. The lowest BCUT2D eigenvalue weighted by Gasteiger charge is -2.19. The minimum Gasteiger partial charge on any atom is -0.478 e. The van der Waals surface area contributed by atoms with Crippen LogP contribution < -0.4 is 10.6 Å². The molecule has 0 rings (SSSR count). The molecule has 3 amide bonds. The van der Waals surface area contributed by atoms with E-state index in [0.29, 0.717) is 6.08 Å². The number of carbonyl (C=O) groups is 3. The highest BCUT2D eigenvalue weighted by atomic mass is 16.4. The number of urea groups is 1. The Morgan fingerprint density at radius 3 is 2.07 bits per heavy atom. The fraction of sp³-hybridized carbons (Fsp3) is 0.444. The Morgan fingerprint density at radius 1 is 1.13 bits per heavy atom. The molecule has 0 aromatic carbocycles. The van der Waals surface area contributed by atoms with Gasteiger partial charge in [0.1, 0.15) is 0 Å². The maximum absolute atomic E-state index is 11.1. The van der Waals surface area contributed by atoms with Crippen LogP contribution in [0.5, 0.6) is 0 Å². The van der Waals surface area contributed by atoms with Gasteiger partial charge in [-0.2, -0.15) is 0 Å². The zero-order valence-electron chi connectivity index (χ0n) is 8.83. The van der Waals surface area contributed by atoms with Crippen molar-refractivity contribution >= 4 is 17.9 Å². The minimum absolute atomic E-state index is 0.457. The fourth-order valence-electron chi connectivity index (χ4n) is 0.672. The molecule has 0 bridgehead atoms. The van der Waals surface area contributed by atoms with Gasteiger partial charge in [-0.1, -0.05) is 0 Å². The number of amides is 3. The van der Waals surface area contributed by atoms with E-state index in [-0.39, 0.29) is 0 Å². The van der Waals surface area contributed by atoms with Crippen LogP contribution >= 0.6 is 0 Å². The van der Waals surface area contributed by atoms with Gasteiger partial charge in [-0.25, -0.2) is 9.59 Å². The summed E-state index contributed by atoms with van der Waals surface area (Å²) in [4.78, 5) is 32.1. The molecule has 6 heteroatoms.